The molecule has 19 heavy (non-hydrogen) atoms. The van der Waals surface area contributed by atoms with Gasteiger partial charge >= 0.3 is 0 Å². The van der Waals surface area contributed by atoms with Gasteiger partial charge in [0.15, 0.2) is 0 Å². The summed E-state index contributed by atoms with van der Waals surface area (Å²) in [6.45, 7) is 4.24. The van der Waals surface area contributed by atoms with Crippen molar-refractivity contribution in [3.63, 3.8) is 0 Å². The van der Waals surface area contributed by atoms with Crippen molar-refractivity contribution in [2.45, 2.75) is 18.5 Å². The highest BCUT2D eigenvalue weighted by Gasteiger charge is 2.43. The average molecular weight is 261 g/mol. The number of fused-ring (bicyclic) bond motifs is 2. The molecule has 0 aliphatic carbocycles. The Hall–Kier alpha value is -1.26. The first-order valence-electron chi connectivity index (χ1n) is 7.09. The number of piperazine rings is 1. The zero-order valence-corrected chi connectivity index (χ0v) is 11.8. The van der Waals surface area contributed by atoms with Crippen LogP contribution in [-0.4, -0.2) is 57.4 Å². The van der Waals surface area contributed by atoms with Gasteiger partial charge in [0.2, 0.25) is 0 Å². The highest BCUT2D eigenvalue weighted by molar-refractivity contribution is 5.55. The molecule has 0 radical (unpaired) electrons. The number of nitrogens with zero attached hydrogens (tertiary/aromatic N) is 2. The molecule has 104 valence electrons. The Morgan fingerprint density at radius 2 is 1.89 bits per heavy atom. The summed E-state index contributed by atoms with van der Waals surface area (Å²) in [7, 11) is 3.74. The molecule has 2 atom stereocenters. The van der Waals surface area contributed by atoms with E-state index in [1.165, 1.54) is 17.8 Å². The van der Waals surface area contributed by atoms with E-state index in [1.54, 1.807) is 7.11 Å². The highest BCUT2D eigenvalue weighted by atomic mass is 16.5. The van der Waals surface area contributed by atoms with Gasteiger partial charge in [0, 0.05) is 57.3 Å². The molecule has 3 saturated heterocycles. The Morgan fingerprint density at radius 1 is 1.21 bits per heavy atom. The molecule has 4 nitrogen and oxygen atoms in total. The van der Waals surface area contributed by atoms with Gasteiger partial charge in [0.1, 0.15) is 0 Å². The molecule has 2 bridgehead atoms. The molecule has 0 spiro atoms. The summed E-state index contributed by atoms with van der Waals surface area (Å²) in [6, 6.07) is 10.2. The first-order chi connectivity index (χ1) is 9.31. The Kier molecular flexibility index (Phi) is 3.62. The minimum absolute atomic E-state index is 0.720. The summed E-state index contributed by atoms with van der Waals surface area (Å²) < 4.78 is 5.19. The predicted octanol–water partition coefficient (Wildman–Crippen LogP) is 1.64. The van der Waals surface area contributed by atoms with Crippen molar-refractivity contribution in [1.82, 2.24) is 4.90 Å². The number of piperidine rings is 1. The van der Waals surface area contributed by atoms with Gasteiger partial charge < -0.3 is 15.0 Å². The van der Waals surface area contributed by atoms with E-state index in [4.69, 9.17) is 4.74 Å². The number of anilines is 2. The van der Waals surface area contributed by atoms with E-state index in [-0.39, 0.29) is 0 Å². The topological polar surface area (TPSA) is 27.7 Å². The number of methoxy groups -OCH3 is 1. The SMILES string of the molecule is CNc1ccc(N2CC3CC(C2)N3CCOC)cc1. The molecule has 2 unspecified atom stereocenters. The summed E-state index contributed by atoms with van der Waals surface area (Å²) in [5, 5.41) is 3.16. The van der Waals surface area contributed by atoms with Crippen LogP contribution < -0.4 is 10.2 Å². The number of rotatable bonds is 5. The van der Waals surface area contributed by atoms with Crippen LogP contribution in [-0.2, 0) is 4.74 Å². The van der Waals surface area contributed by atoms with Crippen molar-refractivity contribution in [3.8, 4) is 0 Å². The average Bonchev–Trinajstić information content (AvgIpc) is 2.48. The summed E-state index contributed by atoms with van der Waals surface area (Å²) in [6.07, 6.45) is 1.36. The molecular weight excluding hydrogens is 238 g/mol. The molecule has 3 aliphatic heterocycles. The first-order valence-corrected chi connectivity index (χ1v) is 7.09. The fraction of sp³-hybridized carbons (Fsp3) is 0.600. The third kappa shape index (κ3) is 2.42. The summed E-state index contributed by atoms with van der Waals surface area (Å²) in [5.41, 5.74) is 2.52. The molecule has 1 aromatic carbocycles. The lowest BCUT2D eigenvalue weighted by atomic mass is 9.87. The smallest absolute Gasteiger partial charge is 0.0589 e. The lowest BCUT2D eigenvalue weighted by Crippen LogP contribution is -2.69. The second-order valence-corrected chi connectivity index (χ2v) is 5.48. The largest absolute Gasteiger partial charge is 0.388 e. The van der Waals surface area contributed by atoms with Crippen LogP contribution in [0.15, 0.2) is 24.3 Å². The van der Waals surface area contributed by atoms with E-state index in [0.29, 0.717) is 0 Å². The molecule has 1 N–H and O–H groups in total. The quantitative estimate of drug-likeness (QED) is 0.872. The first kappa shape index (κ1) is 12.8. The van der Waals surface area contributed by atoms with Crippen LogP contribution in [0.25, 0.3) is 0 Å². The second kappa shape index (κ2) is 5.39. The molecule has 4 rings (SSSR count). The third-order valence-electron chi connectivity index (χ3n) is 4.42. The van der Waals surface area contributed by atoms with Crippen LogP contribution in [0.1, 0.15) is 6.42 Å². The Balaban J connectivity index is 1.60. The van der Waals surface area contributed by atoms with Gasteiger partial charge in [-0.25, -0.2) is 0 Å². The Bertz CT molecular complexity index is 408. The van der Waals surface area contributed by atoms with E-state index in [9.17, 15) is 0 Å². The minimum atomic E-state index is 0.720. The van der Waals surface area contributed by atoms with Crippen LogP contribution in [0.4, 0.5) is 11.4 Å². The fourth-order valence-corrected chi connectivity index (χ4v) is 3.30. The van der Waals surface area contributed by atoms with Gasteiger partial charge in [-0.05, 0) is 30.7 Å². The normalized spacial score (nSPS) is 26.1. The lowest BCUT2D eigenvalue weighted by molar-refractivity contribution is -0.0174. The number of hydrogen-bond donors (Lipinski definition) is 1. The van der Waals surface area contributed by atoms with Gasteiger partial charge in [-0.2, -0.15) is 0 Å². The van der Waals surface area contributed by atoms with Gasteiger partial charge in [0.25, 0.3) is 0 Å². The summed E-state index contributed by atoms with van der Waals surface area (Å²) in [5.74, 6) is 0. The molecule has 0 aromatic heterocycles. The zero-order valence-electron chi connectivity index (χ0n) is 11.8. The van der Waals surface area contributed by atoms with Crippen molar-refractivity contribution in [2.24, 2.45) is 0 Å². The molecule has 4 heteroatoms. The summed E-state index contributed by atoms with van der Waals surface area (Å²) >= 11 is 0. The van der Waals surface area contributed by atoms with Crippen molar-refractivity contribution in [1.29, 1.82) is 0 Å². The molecular formula is C15H23N3O. The standard InChI is InChI=1S/C15H23N3O/c1-16-12-3-5-13(6-4-12)17-10-14-9-15(11-17)18(14)7-8-19-2/h3-6,14-16H,7-11H2,1-2H3. The minimum Gasteiger partial charge on any atom is -0.388 e. The zero-order chi connectivity index (χ0) is 13.2. The Labute approximate surface area is 115 Å². The number of benzene rings is 1. The third-order valence-corrected chi connectivity index (χ3v) is 4.42. The van der Waals surface area contributed by atoms with Gasteiger partial charge in [-0.3, -0.25) is 4.90 Å². The number of hydrogen-bond acceptors (Lipinski definition) is 4. The van der Waals surface area contributed by atoms with Crippen molar-refractivity contribution in [3.05, 3.63) is 24.3 Å². The van der Waals surface area contributed by atoms with Crippen LogP contribution in [0.2, 0.25) is 0 Å². The van der Waals surface area contributed by atoms with E-state index < -0.39 is 0 Å². The lowest BCUT2D eigenvalue weighted by Gasteiger charge is -2.57. The molecule has 3 aliphatic rings. The monoisotopic (exact) mass is 261 g/mol. The van der Waals surface area contributed by atoms with Crippen LogP contribution in [0.5, 0.6) is 0 Å². The fourth-order valence-electron chi connectivity index (χ4n) is 3.30. The highest BCUT2D eigenvalue weighted by Crippen LogP contribution is 2.34. The molecule has 3 heterocycles. The maximum absolute atomic E-state index is 5.19. The second-order valence-electron chi connectivity index (χ2n) is 5.48. The maximum Gasteiger partial charge on any atom is 0.0589 e. The molecule has 0 amide bonds. The maximum atomic E-state index is 5.19. The van der Waals surface area contributed by atoms with E-state index in [0.717, 1.165) is 38.3 Å². The van der Waals surface area contributed by atoms with Gasteiger partial charge in [-0.1, -0.05) is 0 Å². The van der Waals surface area contributed by atoms with Gasteiger partial charge in [-0.15, -0.1) is 0 Å². The van der Waals surface area contributed by atoms with Crippen molar-refractivity contribution in [2.75, 3.05) is 50.6 Å². The molecule has 1 aromatic rings. The number of nitrogens with one attached hydrogen (secondary N) is 1. The Morgan fingerprint density at radius 3 is 2.47 bits per heavy atom. The molecule has 3 fully saturated rings. The van der Waals surface area contributed by atoms with E-state index >= 15 is 0 Å². The van der Waals surface area contributed by atoms with Crippen LogP contribution >= 0.6 is 0 Å². The van der Waals surface area contributed by atoms with Gasteiger partial charge in [0.05, 0.1) is 6.61 Å². The van der Waals surface area contributed by atoms with Crippen molar-refractivity contribution < 1.29 is 4.74 Å². The number of ether oxygens (including phenoxy) is 1. The van der Waals surface area contributed by atoms with Crippen LogP contribution in [0.3, 0.4) is 0 Å². The van der Waals surface area contributed by atoms with Crippen LogP contribution in [0, 0.1) is 0 Å². The predicted molar refractivity (Wildman–Crippen MR) is 79.0 cm³/mol. The van der Waals surface area contributed by atoms with Crippen molar-refractivity contribution >= 4 is 11.4 Å². The molecule has 0 saturated carbocycles. The summed E-state index contributed by atoms with van der Waals surface area (Å²) in [4.78, 5) is 5.11. The van der Waals surface area contributed by atoms with E-state index in [2.05, 4.69) is 39.4 Å². The van der Waals surface area contributed by atoms with E-state index in [1.807, 2.05) is 7.05 Å².